The Morgan fingerprint density at radius 2 is 0.637 bits per heavy atom. The topological polar surface area (TPSA) is 58.9 Å². The van der Waals surface area contributed by atoms with Gasteiger partial charge in [0.1, 0.15) is 0 Å². The molecular weight excluding hydrogens is 1070 g/mol. The summed E-state index contributed by atoms with van der Waals surface area (Å²) >= 11 is 0. The fourth-order valence-corrected chi connectivity index (χ4v) is 20.9. The van der Waals surface area contributed by atoms with Gasteiger partial charge in [0, 0.05) is 56.2 Å². The molecule has 454 valence electrons. The number of aliphatic hydroxyl groups excluding tert-OH is 2. The van der Waals surface area contributed by atoms with Crippen LogP contribution >= 0.6 is 9.90 Å². The van der Waals surface area contributed by atoms with Gasteiger partial charge in [-0.3, -0.25) is 0 Å². The van der Waals surface area contributed by atoms with Crippen molar-refractivity contribution in [3.8, 4) is 11.8 Å². The van der Waals surface area contributed by atoms with E-state index in [0.717, 1.165) is 51.4 Å². The number of aliphatic hydroxyl groups is 2. The first-order valence-electron chi connectivity index (χ1n) is 31.7. The average Bonchev–Trinajstić information content (AvgIpc) is 3.46. The first-order valence-corrected chi connectivity index (χ1v) is 35.5. The van der Waals surface area contributed by atoms with Crippen LogP contribution in [0, 0.1) is 11.8 Å². The summed E-state index contributed by atoms with van der Waals surface area (Å²) in [5.41, 5.74) is 0. The largest absolute Gasteiger partial charge is 1.51 e. The van der Waals surface area contributed by atoms with Gasteiger partial charge in [-0.15, -0.1) is 11.8 Å². The summed E-state index contributed by atoms with van der Waals surface area (Å²) in [6.45, 7) is 19.4. The maximum absolute atomic E-state index is 8.82. The van der Waals surface area contributed by atoms with E-state index in [2.05, 4.69) is 201 Å². The van der Waals surface area contributed by atoms with Gasteiger partial charge in [-0.1, -0.05) is 291 Å². The minimum Gasteiger partial charge on any atom is -1.51 e. The van der Waals surface area contributed by atoms with Gasteiger partial charge >= 0.3 is 0 Å². The van der Waals surface area contributed by atoms with Crippen molar-refractivity contribution in [2.45, 2.75) is 270 Å². The Morgan fingerprint density at radius 3 is 0.938 bits per heavy atom. The van der Waals surface area contributed by atoms with E-state index in [1.807, 2.05) is 0 Å². The molecule has 80 heavy (non-hydrogen) atoms. The van der Waals surface area contributed by atoms with Gasteiger partial charge in [-0.05, 0) is 109 Å². The number of allylic oxidation sites excluding steroid dienone is 2. The Balaban J connectivity index is 0.00000152. The Morgan fingerprint density at radius 1 is 0.388 bits per heavy atom. The summed E-state index contributed by atoms with van der Waals surface area (Å²) < 4.78 is 14.4. The van der Waals surface area contributed by atoms with E-state index in [1.54, 1.807) is 0 Å². The Bertz CT molecular complexity index is 2050. The molecule has 4 nitrogen and oxygen atoms in total. The van der Waals surface area contributed by atoms with E-state index in [1.165, 1.54) is 162 Å². The predicted molar refractivity (Wildman–Crippen MR) is 356 cm³/mol. The molecule has 0 aliphatic heterocycles. The first kappa shape index (κ1) is 75.4. The molecule has 2 unspecified atom stereocenters. The number of rotatable bonds is 40. The smallest absolute Gasteiger partial charge is 0.261 e. The minimum atomic E-state index is -2.47. The number of hydrogen-bond acceptors (Lipinski definition) is 4. The van der Waals surface area contributed by atoms with E-state index >= 15 is 0 Å². The molecule has 4 aromatic rings. The summed E-state index contributed by atoms with van der Waals surface area (Å²) in [6, 6.07) is 43.9. The third-order valence-corrected chi connectivity index (χ3v) is 26.1. The summed E-state index contributed by atoms with van der Waals surface area (Å²) in [5, 5.41) is 23.1. The Kier molecular flexibility index (Phi) is 43.1. The van der Waals surface area contributed by atoms with Gasteiger partial charge in [-0.2, -0.15) is 0 Å². The van der Waals surface area contributed by atoms with Crippen LogP contribution in [-0.4, -0.2) is 52.3 Å². The van der Waals surface area contributed by atoms with E-state index in [9.17, 15) is 0 Å². The molecule has 0 amide bonds. The molecule has 0 fully saturated rings. The molecule has 0 aliphatic rings. The van der Waals surface area contributed by atoms with Crippen LogP contribution in [0.3, 0.4) is 0 Å². The SMILES string of the molecule is CC(CCC/C=C\CCCCCCCCCCCCCO)O[Si](c1ccccc1)(c1ccccc1)C(C)(C)C.CC(CCCC#CCCCCCCCCCCCCCO)O[Si](c1ccccc1)(c1ccccc1)C(C)(C)C.[HH].[Ni].[PH-2]. The number of benzene rings is 4. The van der Waals surface area contributed by atoms with Crippen LogP contribution < -0.4 is 20.7 Å². The van der Waals surface area contributed by atoms with Crippen molar-refractivity contribution < 1.29 is 37.0 Å². The van der Waals surface area contributed by atoms with Crippen molar-refractivity contribution in [1.29, 1.82) is 0 Å². The van der Waals surface area contributed by atoms with Crippen LogP contribution in [0.5, 0.6) is 0 Å². The van der Waals surface area contributed by atoms with E-state index in [-0.39, 0.29) is 50.1 Å². The average molecular weight is 1190 g/mol. The second-order valence-corrected chi connectivity index (χ2v) is 33.1. The minimum absolute atomic E-state index is 0. The summed E-state index contributed by atoms with van der Waals surface area (Å²) in [6.07, 6.45) is 42.6. The first-order chi connectivity index (χ1) is 37.8. The van der Waals surface area contributed by atoms with Crippen LogP contribution in [0.4, 0.5) is 0 Å². The summed E-state index contributed by atoms with van der Waals surface area (Å²) in [5.74, 6) is 6.85. The quantitative estimate of drug-likeness (QED) is 0.0153. The van der Waals surface area contributed by atoms with Crippen molar-refractivity contribution in [2.75, 3.05) is 13.2 Å². The van der Waals surface area contributed by atoms with Crippen LogP contribution in [0.25, 0.3) is 0 Å². The number of unbranched alkanes of at least 4 members (excludes halogenated alkanes) is 24. The summed E-state index contributed by atoms with van der Waals surface area (Å²) in [7, 11) is -4.92. The Labute approximate surface area is 510 Å². The maximum Gasteiger partial charge on any atom is 0.261 e. The van der Waals surface area contributed by atoms with Crippen molar-refractivity contribution >= 4 is 47.3 Å². The molecule has 0 saturated heterocycles. The predicted octanol–water partition coefficient (Wildman–Crippen LogP) is 19.0. The van der Waals surface area contributed by atoms with E-state index in [0.29, 0.717) is 13.2 Å². The van der Waals surface area contributed by atoms with Crippen molar-refractivity contribution in [2.24, 2.45) is 0 Å². The van der Waals surface area contributed by atoms with Crippen molar-refractivity contribution in [1.82, 2.24) is 0 Å². The van der Waals surface area contributed by atoms with Gasteiger partial charge < -0.3 is 29.0 Å². The molecule has 0 heterocycles. The molecule has 0 spiro atoms. The molecule has 8 heteroatoms. The van der Waals surface area contributed by atoms with Crippen LogP contribution in [0.2, 0.25) is 10.1 Å². The third-order valence-electron chi connectivity index (χ3n) is 15.8. The monoisotopic (exact) mass is 1190 g/mol. The van der Waals surface area contributed by atoms with Crippen molar-refractivity contribution in [3.63, 3.8) is 0 Å². The fraction of sp³-hybridized carbons (Fsp3) is 0.611. The van der Waals surface area contributed by atoms with Crippen molar-refractivity contribution in [3.05, 3.63) is 133 Å². The number of hydrogen-bond donors (Lipinski definition) is 2. The molecule has 0 radical (unpaired) electrons. The van der Waals surface area contributed by atoms with Gasteiger partial charge in [0.05, 0.1) is 0 Å². The molecular formula is C72H117NiO4PSi2-2. The third kappa shape index (κ3) is 29.3. The molecule has 0 bridgehead atoms. The summed E-state index contributed by atoms with van der Waals surface area (Å²) in [4.78, 5) is 0. The van der Waals surface area contributed by atoms with E-state index in [4.69, 9.17) is 19.1 Å². The molecule has 0 aliphatic carbocycles. The Hall–Kier alpha value is -2.62. The second-order valence-electron chi connectivity index (χ2n) is 24.6. The standard InChI is InChI=1S/C36H58O2Si.C36H56O2Si.Ni.HP.H2/c2*1-33(27-21-17-15-13-11-9-7-5-6-8-10-12-14-16-18-26-32-37)38-39(36(2,3)4,34-28-22-19-23-29-34)35-30-24-20-25-31-35;;;/h13,15,19-20,22-25,28-31,33,37H,5-12,14,16-18,21,26-27,32H2,1-4H3;19-20,22-25,28-31,33,37H,5-12,14,16-18,21,26-27,32H2,1-4H3;;2*1H/q;;;-2;/b15-13-;;;;. The van der Waals surface area contributed by atoms with Gasteiger partial charge in [-0.25, -0.2) is 0 Å². The van der Waals surface area contributed by atoms with Gasteiger partial charge in [0.15, 0.2) is 0 Å². The molecule has 0 aromatic heterocycles. The van der Waals surface area contributed by atoms with E-state index < -0.39 is 16.6 Å². The molecule has 2 N–H and O–H groups in total. The normalized spacial score (nSPS) is 12.6. The molecule has 4 aromatic carbocycles. The maximum atomic E-state index is 8.82. The zero-order chi connectivity index (χ0) is 56.5. The fourth-order valence-electron chi connectivity index (χ4n) is 11.4. The molecule has 2 atom stereocenters. The zero-order valence-electron chi connectivity index (χ0n) is 52.0. The van der Waals surface area contributed by atoms with Crippen LogP contribution in [0.1, 0.15) is 249 Å². The van der Waals surface area contributed by atoms with Gasteiger partial charge in [0.2, 0.25) is 0 Å². The molecule has 4 rings (SSSR count). The van der Waals surface area contributed by atoms with Crippen LogP contribution in [0.15, 0.2) is 133 Å². The molecule has 0 saturated carbocycles. The van der Waals surface area contributed by atoms with Gasteiger partial charge in [0.25, 0.3) is 16.6 Å². The second kappa shape index (κ2) is 45.8. The van der Waals surface area contributed by atoms with Crippen LogP contribution in [-0.2, 0) is 25.3 Å². The zero-order valence-corrected chi connectivity index (χ0v) is 56.0.